The fourth-order valence-electron chi connectivity index (χ4n) is 3.69. The Morgan fingerprint density at radius 2 is 1.19 bits per heavy atom. The second-order valence-corrected chi connectivity index (χ2v) is 6.86. The second-order valence-electron chi connectivity index (χ2n) is 6.86. The van der Waals surface area contributed by atoms with E-state index < -0.39 is 23.4 Å². The molecule has 3 nitrogen and oxygen atoms in total. The molecule has 0 bridgehead atoms. The monoisotopic (exact) mass is 354 g/mol. The van der Waals surface area contributed by atoms with Gasteiger partial charge >= 0.3 is 0 Å². The lowest BCUT2D eigenvalue weighted by Crippen LogP contribution is -2.31. The van der Waals surface area contributed by atoms with Crippen molar-refractivity contribution in [2.45, 2.75) is 12.8 Å². The minimum absolute atomic E-state index is 0.344. The van der Waals surface area contributed by atoms with Crippen LogP contribution in [0.15, 0.2) is 78.9 Å². The Bertz CT molecular complexity index is 998. The molecule has 0 heterocycles. The summed E-state index contributed by atoms with van der Waals surface area (Å²) in [6, 6.07) is 23.6. The summed E-state index contributed by atoms with van der Waals surface area (Å²) >= 11 is 0. The Kier molecular flexibility index (Phi) is 4.28. The van der Waals surface area contributed by atoms with Crippen LogP contribution in [0.5, 0.6) is 0 Å². The number of benzene rings is 3. The molecule has 132 valence electrons. The Hall–Kier alpha value is -3.33. The smallest absolute Gasteiger partial charge is 0.181 e. The van der Waals surface area contributed by atoms with Gasteiger partial charge in [0.15, 0.2) is 17.3 Å². The molecule has 0 fully saturated rings. The van der Waals surface area contributed by atoms with Crippen LogP contribution in [0.2, 0.25) is 0 Å². The van der Waals surface area contributed by atoms with Crippen molar-refractivity contribution in [1.82, 2.24) is 0 Å². The van der Waals surface area contributed by atoms with Crippen LogP contribution >= 0.6 is 0 Å². The average molecular weight is 354 g/mol. The molecular formula is C24H18O3. The van der Waals surface area contributed by atoms with Gasteiger partial charge in [-0.2, -0.15) is 0 Å². The van der Waals surface area contributed by atoms with Crippen LogP contribution in [0.1, 0.15) is 43.3 Å². The van der Waals surface area contributed by atoms with Gasteiger partial charge < -0.3 is 0 Å². The molecule has 4 rings (SSSR count). The fourth-order valence-corrected chi connectivity index (χ4v) is 3.69. The van der Waals surface area contributed by atoms with Gasteiger partial charge in [0.2, 0.25) is 0 Å². The molecular weight excluding hydrogens is 336 g/mol. The predicted molar refractivity (Wildman–Crippen MR) is 103 cm³/mol. The van der Waals surface area contributed by atoms with Gasteiger partial charge in [-0.25, -0.2) is 0 Å². The topological polar surface area (TPSA) is 51.2 Å². The van der Waals surface area contributed by atoms with Gasteiger partial charge in [0.1, 0.15) is 5.92 Å². The van der Waals surface area contributed by atoms with Crippen LogP contribution in [0.25, 0.3) is 0 Å². The number of carbonyl (C=O) groups is 3. The first-order valence-electron chi connectivity index (χ1n) is 8.90. The van der Waals surface area contributed by atoms with Crippen molar-refractivity contribution in [3.63, 3.8) is 0 Å². The van der Waals surface area contributed by atoms with Gasteiger partial charge in [0, 0.05) is 11.1 Å². The van der Waals surface area contributed by atoms with Gasteiger partial charge in [-0.1, -0.05) is 84.4 Å². The standard InChI is InChI=1S/C24H18O3/c1-15-11-13-17(14-12-15)20(16-7-3-2-4-8-16)24(27)21-22(25)18-9-5-6-10-19(18)23(21)26/h2-14,20-21H,1H3. The van der Waals surface area contributed by atoms with Gasteiger partial charge in [0.05, 0.1) is 5.92 Å². The molecule has 0 aromatic heterocycles. The third-order valence-corrected chi connectivity index (χ3v) is 5.09. The number of hydrogen-bond acceptors (Lipinski definition) is 3. The highest BCUT2D eigenvalue weighted by atomic mass is 16.2. The van der Waals surface area contributed by atoms with E-state index in [-0.39, 0.29) is 5.78 Å². The van der Waals surface area contributed by atoms with E-state index in [4.69, 9.17) is 0 Å². The maximum Gasteiger partial charge on any atom is 0.181 e. The van der Waals surface area contributed by atoms with Crippen molar-refractivity contribution >= 4 is 17.3 Å². The van der Waals surface area contributed by atoms with Gasteiger partial charge in [-0.15, -0.1) is 0 Å². The summed E-state index contributed by atoms with van der Waals surface area (Å²) in [7, 11) is 0. The second kappa shape index (κ2) is 6.76. The van der Waals surface area contributed by atoms with E-state index in [9.17, 15) is 14.4 Å². The zero-order chi connectivity index (χ0) is 19.0. The normalized spacial score (nSPS) is 14.9. The molecule has 0 radical (unpaired) electrons. The van der Waals surface area contributed by atoms with Gasteiger partial charge in [-0.05, 0) is 18.1 Å². The Balaban J connectivity index is 1.79. The highest BCUT2D eigenvalue weighted by Crippen LogP contribution is 2.35. The first-order chi connectivity index (χ1) is 13.1. The number of rotatable bonds is 4. The molecule has 1 aliphatic carbocycles. The molecule has 0 spiro atoms. The van der Waals surface area contributed by atoms with Crippen LogP contribution in [-0.2, 0) is 4.79 Å². The first-order valence-corrected chi connectivity index (χ1v) is 8.90. The average Bonchev–Trinajstić information content (AvgIpc) is 2.95. The van der Waals surface area contributed by atoms with Crippen LogP contribution < -0.4 is 0 Å². The number of ketones is 3. The zero-order valence-electron chi connectivity index (χ0n) is 14.9. The molecule has 3 aromatic rings. The number of fused-ring (bicyclic) bond motifs is 1. The van der Waals surface area contributed by atoms with E-state index in [0.717, 1.165) is 16.7 Å². The van der Waals surface area contributed by atoms with E-state index >= 15 is 0 Å². The van der Waals surface area contributed by atoms with Crippen LogP contribution in [0.3, 0.4) is 0 Å². The zero-order valence-corrected chi connectivity index (χ0v) is 14.9. The van der Waals surface area contributed by atoms with Crippen LogP contribution in [0, 0.1) is 12.8 Å². The van der Waals surface area contributed by atoms with E-state index in [2.05, 4.69) is 0 Å². The highest BCUT2D eigenvalue weighted by molar-refractivity contribution is 6.36. The number of hydrogen-bond donors (Lipinski definition) is 0. The molecule has 1 atom stereocenters. The molecule has 0 aliphatic heterocycles. The third kappa shape index (κ3) is 2.91. The van der Waals surface area contributed by atoms with E-state index in [0.29, 0.717) is 11.1 Å². The lowest BCUT2D eigenvalue weighted by atomic mass is 9.80. The van der Waals surface area contributed by atoms with Crippen molar-refractivity contribution < 1.29 is 14.4 Å². The third-order valence-electron chi connectivity index (χ3n) is 5.09. The number of carbonyl (C=O) groups excluding carboxylic acids is 3. The number of Topliss-reactive ketones (excluding diaryl/α,β-unsaturated/α-hetero) is 3. The Morgan fingerprint density at radius 3 is 1.74 bits per heavy atom. The Labute approximate surface area is 157 Å². The minimum Gasteiger partial charge on any atom is -0.297 e. The summed E-state index contributed by atoms with van der Waals surface area (Å²) in [6.07, 6.45) is 0. The summed E-state index contributed by atoms with van der Waals surface area (Å²) in [5, 5.41) is 0. The molecule has 1 aliphatic rings. The van der Waals surface area contributed by atoms with Gasteiger partial charge in [0.25, 0.3) is 0 Å². The van der Waals surface area contributed by atoms with Gasteiger partial charge in [-0.3, -0.25) is 14.4 Å². The van der Waals surface area contributed by atoms with Crippen LogP contribution in [-0.4, -0.2) is 17.3 Å². The maximum atomic E-state index is 13.5. The van der Waals surface area contributed by atoms with Crippen molar-refractivity contribution in [1.29, 1.82) is 0 Å². The molecule has 0 saturated carbocycles. The molecule has 0 N–H and O–H groups in total. The SMILES string of the molecule is Cc1ccc(C(C(=O)C2C(=O)c3ccccc3C2=O)c2ccccc2)cc1. The quantitative estimate of drug-likeness (QED) is 0.653. The largest absolute Gasteiger partial charge is 0.297 e. The summed E-state index contributed by atoms with van der Waals surface area (Å²) < 4.78 is 0. The lowest BCUT2D eigenvalue weighted by molar-refractivity contribution is -0.120. The van der Waals surface area contributed by atoms with E-state index in [1.807, 2.05) is 61.5 Å². The van der Waals surface area contributed by atoms with E-state index in [1.54, 1.807) is 24.3 Å². The summed E-state index contributed by atoms with van der Waals surface area (Å²) in [4.78, 5) is 39.1. The molecule has 0 saturated heterocycles. The molecule has 27 heavy (non-hydrogen) atoms. The fraction of sp³-hybridized carbons (Fsp3) is 0.125. The van der Waals surface area contributed by atoms with Crippen molar-refractivity contribution in [3.05, 3.63) is 107 Å². The summed E-state index contributed by atoms with van der Waals surface area (Å²) in [5.41, 5.74) is 3.34. The van der Waals surface area contributed by atoms with Crippen LogP contribution in [0.4, 0.5) is 0 Å². The summed E-state index contributed by atoms with van der Waals surface area (Å²) in [5.74, 6) is -3.08. The highest BCUT2D eigenvalue weighted by Gasteiger charge is 2.45. The maximum absolute atomic E-state index is 13.5. The molecule has 3 aromatic carbocycles. The van der Waals surface area contributed by atoms with Crippen molar-refractivity contribution in [2.75, 3.05) is 0 Å². The van der Waals surface area contributed by atoms with E-state index in [1.165, 1.54) is 0 Å². The minimum atomic E-state index is -1.27. The summed E-state index contributed by atoms with van der Waals surface area (Å²) in [6.45, 7) is 1.98. The molecule has 0 amide bonds. The first kappa shape index (κ1) is 17.1. The Morgan fingerprint density at radius 1 is 0.704 bits per heavy atom. The molecule has 3 heteroatoms. The predicted octanol–water partition coefficient (Wildman–Crippen LogP) is 4.39. The lowest BCUT2D eigenvalue weighted by Gasteiger charge is -2.19. The molecule has 1 unspecified atom stereocenters. The van der Waals surface area contributed by atoms with Crippen molar-refractivity contribution in [3.8, 4) is 0 Å². The van der Waals surface area contributed by atoms with Crippen molar-refractivity contribution in [2.24, 2.45) is 5.92 Å². The number of aryl methyl sites for hydroxylation is 1.